The summed E-state index contributed by atoms with van der Waals surface area (Å²) in [5, 5.41) is 6.30. The molecular formula is C28H24BrCl2N3O5. The molecule has 39 heavy (non-hydrogen) atoms. The minimum absolute atomic E-state index is 0.0196. The van der Waals surface area contributed by atoms with E-state index in [1.54, 1.807) is 42.5 Å². The van der Waals surface area contributed by atoms with Crippen molar-refractivity contribution in [1.29, 1.82) is 0 Å². The van der Waals surface area contributed by atoms with Crippen molar-refractivity contribution in [1.82, 2.24) is 10.2 Å². The van der Waals surface area contributed by atoms with E-state index in [1.807, 2.05) is 19.1 Å². The summed E-state index contributed by atoms with van der Waals surface area (Å²) in [4.78, 5) is 39.0. The van der Waals surface area contributed by atoms with Crippen LogP contribution in [-0.2, 0) is 22.6 Å². The molecule has 0 spiro atoms. The zero-order chi connectivity index (χ0) is 28.1. The normalized spacial score (nSPS) is 14.0. The molecule has 3 aromatic rings. The van der Waals surface area contributed by atoms with Crippen LogP contribution in [0.15, 0.2) is 64.8 Å². The second-order valence-corrected chi connectivity index (χ2v) is 10.2. The molecule has 0 aromatic heterocycles. The Morgan fingerprint density at radius 3 is 2.56 bits per heavy atom. The third-order valence-corrected chi connectivity index (χ3v) is 7.19. The molecule has 2 N–H and O–H groups in total. The number of urea groups is 1. The lowest BCUT2D eigenvalue weighted by molar-refractivity contribution is -0.127. The van der Waals surface area contributed by atoms with Gasteiger partial charge in [0, 0.05) is 25.8 Å². The number of ether oxygens (including phenoxy) is 2. The molecule has 4 amide bonds. The highest BCUT2D eigenvalue weighted by molar-refractivity contribution is 9.10. The van der Waals surface area contributed by atoms with Gasteiger partial charge in [-0.25, -0.2) is 9.69 Å². The van der Waals surface area contributed by atoms with Crippen molar-refractivity contribution >= 4 is 68.7 Å². The van der Waals surface area contributed by atoms with Gasteiger partial charge in [-0.1, -0.05) is 70.3 Å². The van der Waals surface area contributed by atoms with Crippen molar-refractivity contribution in [3.63, 3.8) is 0 Å². The molecular weight excluding hydrogens is 609 g/mol. The predicted octanol–water partition coefficient (Wildman–Crippen LogP) is 6.44. The van der Waals surface area contributed by atoms with Crippen LogP contribution in [0, 0.1) is 0 Å². The Morgan fingerprint density at radius 1 is 1.08 bits per heavy atom. The molecule has 1 aliphatic heterocycles. The van der Waals surface area contributed by atoms with E-state index in [0.717, 1.165) is 22.4 Å². The molecule has 0 atom stereocenters. The van der Waals surface area contributed by atoms with Gasteiger partial charge in [-0.2, -0.15) is 0 Å². The lowest BCUT2D eigenvalue weighted by Gasteiger charge is -2.14. The van der Waals surface area contributed by atoms with Crippen LogP contribution in [0.5, 0.6) is 11.5 Å². The van der Waals surface area contributed by atoms with Crippen molar-refractivity contribution in [2.24, 2.45) is 0 Å². The number of hydrogen-bond acceptors (Lipinski definition) is 5. The fraction of sp³-hybridized carbons (Fsp3) is 0.179. The van der Waals surface area contributed by atoms with Gasteiger partial charge in [0.2, 0.25) is 5.91 Å². The fourth-order valence-corrected chi connectivity index (χ4v) is 4.78. The number of nitrogens with one attached hydrogen (secondary N) is 2. The van der Waals surface area contributed by atoms with Crippen molar-refractivity contribution in [2.75, 3.05) is 19.0 Å². The minimum Gasteiger partial charge on any atom is -0.493 e. The van der Waals surface area contributed by atoms with Gasteiger partial charge in [0.05, 0.1) is 7.11 Å². The van der Waals surface area contributed by atoms with Gasteiger partial charge >= 0.3 is 6.03 Å². The summed E-state index contributed by atoms with van der Waals surface area (Å²) in [6.45, 7) is 1.72. The van der Waals surface area contributed by atoms with E-state index in [4.69, 9.17) is 32.7 Å². The number of nitrogens with zero attached hydrogens (tertiary/aromatic N) is 1. The molecule has 4 rings (SSSR count). The van der Waals surface area contributed by atoms with Gasteiger partial charge in [0.25, 0.3) is 5.91 Å². The number of methoxy groups -OCH3 is 1. The van der Waals surface area contributed by atoms with Crippen molar-refractivity contribution in [2.45, 2.75) is 20.0 Å². The number of carbonyl (C=O) groups is 3. The van der Waals surface area contributed by atoms with E-state index < -0.39 is 24.4 Å². The first-order chi connectivity index (χ1) is 18.7. The van der Waals surface area contributed by atoms with Crippen LogP contribution in [0.1, 0.15) is 23.6 Å². The Morgan fingerprint density at radius 2 is 1.85 bits per heavy atom. The van der Waals surface area contributed by atoms with Crippen LogP contribution in [0.25, 0.3) is 6.08 Å². The smallest absolute Gasteiger partial charge is 0.329 e. The summed E-state index contributed by atoms with van der Waals surface area (Å²) < 4.78 is 12.0. The molecule has 1 aliphatic rings. The van der Waals surface area contributed by atoms with E-state index in [9.17, 15) is 14.4 Å². The number of halogens is 3. The van der Waals surface area contributed by atoms with Crippen LogP contribution in [0.4, 0.5) is 10.5 Å². The summed E-state index contributed by atoms with van der Waals surface area (Å²) in [6.07, 6.45) is 2.22. The third kappa shape index (κ3) is 6.73. The van der Waals surface area contributed by atoms with Crippen LogP contribution < -0.4 is 20.1 Å². The third-order valence-electron chi connectivity index (χ3n) is 5.92. The molecule has 3 aromatic carbocycles. The molecule has 0 radical (unpaired) electrons. The zero-order valence-electron chi connectivity index (χ0n) is 21.0. The van der Waals surface area contributed by atoms with Gasteiger partial charge < -0.3 is 20.1 Å². The van der Waals surface area contributed by atoms with Crippen LogP contribution in [0.2, 0.25) is 10.0 Å². The summed E-state index contributed by atoms with van der Waals surface area (Å²) in [7, 11) is 1.49. The first-order valence-electron chi connectivity index (χ1n) is 11.9. The first-order valence-corrected chi connectivity index (χ1v) is 13.4. The molecule has 0 aliphatic carbocycles. The highest BCUT2D eigenvalue weighted by Crippen LogP contribution is 2.36. The zero-order valence-corrected chi connectivity index (χ0v) is 24.1. The minimum atomic E-state index is -0.687. The summed E-state index contributed by atoms with van der Waals surface area (Å²) in [5.41, 5.74) is 2.91. The Hall–Kier alpha value is -3.53. The first kappa shape index (κ1) is 28.5. The quantitative estimate of drug-likeness (QED) is 0.209. The van der Waals surface area contributed by atoms with E-state index in [-0.39, 0.29) is 12.3 Å². The monoisotopic (exact) mass is 631 g/mol. The molecule has 202 valence electrons. The Bertz CT molecular complexity index is 1480. The molecule has 0 bridgehead atoms. The maximum absolute atomic E-state index is 13.0. The number of hydrogen-bond donors (Lipinski definition) is 2. The summed E-state index contributed by atoms with van der Waals surface area (Å²) in [5.74, 6) is -0.268. The van der Waals surface area contributed by atoms with Gasteiger partial charge in [0.1, 0.15) is 18.8 Å². The lowest BCUT2D eigenvalue weighted by Crippen LogP contribution is -2.38. The van der Waals surface area contributed by atoms with Gasteiger partial charge in [-0.15, -0.1) is 0 Å². The number of anilines is 1. The van der Waals surface area contributed by atoms with E-state index in [2.05, 4.69) is 26.6 Å². The number of amides is 4. The number of rotatable bonds is 9. The summed E-state index contributed by atoms with van der Waals surface area (Å²) in [6, 6.07) is 15.1. The largest absolute Gasteiger partial charge is 0.493 e. The van der Waals surface area contributed by atoms with E-state index in [1.165, 1.54) is 13.2 Å². The van der Waals surface area contributed by atoms with Gasteiger partial charge in [-0.05, 0) is 54.0 Å². The lowest BCUT2D eigenvalue weighted by atomic mass is 10.1. The summed E-state index contributed by atoms with van der Waals surface area (Å²) >= 11 is 15.7. The highest BCUT2D eigenvalue weighted by Gasteiger charge is 2.35. The molecule has 0 unspecified atom stereocenters. The number of para-hydroxylation sites is 1. The maximum atomic E-state index is 13.0. The van der Waals surface area contributed by atoms with E-state index in [0.29, 0.717) is 37.3 Å². The Balaban J connectivity index is 1.48. The molecule has 0 saturated carbocycles. The fourth-order valence-electron chi connectivity index (χ4n) is 3.88. The van der Waals surface area contributed by atoms with Crippen molar-refractivity contribution < 1.29 is 23.9 Å². The van der Waals surface area contributed by atoms with E-state index >= 15 is 0 Å². The standard InChI is InChI=1S/C28H24BrCl2N3O5/c1-3-16-6-4-5-7-22(16)32-26(35)14-34-27(36)23(33-28(34)37)10-18-11-24(38-2)25(13-20(18)29)39-15-17-8-9-19(30)12-21(17)31/h4-13H,3,14-15H2,1-2H3,(H,32,35)(H,33,37)/b23-10+. The Kier molecular flexibility index (Phi) is 9.16. The molecule has 1 saturated heterocycles. The average molecular weight is 633 g/mol. The molecule has 1 heterocycles. The number of carbonyl (C=O) groups excluding carboxylic acids is 3. The Labute approximate surface area is 244 Å². The second-order valence-electron chi connectivity index (χ2n) is 8.49. The van der Waals surface area contributed by atoms with Gasteiger partial charge in [-0.3, -0.25) is 9.59 Å². The van der Waals surface area contributed by atoms with Crippen LogP contribution in [-0.4, -0.2) is 36.4 Å². The number of benzene rings is 3. The average Bonchev–Trinajstić information content (AvgIpc) is 3.16. The highest BCUT2D eigenvalue weighted by atomic mass is 79.9. The second kappa shape index (κ2) is 12.5. The molecule has 1 fully saturated rings. The van der Waals surface area contributed by atoms with Crippen molar-refractivity contribution in [3.8, 4) is 11.5 Å². The topological polar surface area (TPSA) is 97.0 Å². The maximum Gasteiger partial charge on any atom is 0.329 e. The van der Waals surface area contributed by atoms with Gasteiger partial charge in [0.15, 0.2) is 11.5 Å². The molecule has 8 nitrogen and oxygen atoms in total. The predicted molar refractivity (Wildman–Crippen MR) is 154 cm³/mol. The van der Waals surface area contributed by atoms with Crippen LogP contribution >= 0.6 is 39.1 Å². The van der Waals surface area contributed by atoms with Crippen LogP contribution in [0.3, 0.4) is 0 Å². The number of aryl methyl sites for hydroxylation is 1. The number of imide groups is 1. The molecule has 11 heteroatoms. The van der Waals surface area contributed by atoms with Crippen molar-refractivity contribution in [3.05, 3.63) is 91.5 Å². The SMILES string of the molecule is CCc1ccccc1NC(=O)CN1C(=O)N/C(=C/c2cc(OC)c(OCc3ccc(Cl)cc3Cl)cc2Br)C1=O.